The van der Waals surface area contributed by atoms with Gasteiger partial charge in [-0.2, -0.15) is 0 Å². The number of rotatable bonds is 4. The summed E-state index contributed by atoms with van der Waals surface area (Å²) < 4.78 is 11.0. The molecule has 0 spiro atoms. The van der Waals surface area contributed by atoms with Crippen LogP contribution in [0.4, 0.5) is 0 Å². The van der Waals surface area contributed by atoms with Crippen LogP contribution in [-0.2, 0) is 4.79 Å². The van der Waals surface area contributed by atoms with Crippen LogP contribution in [-0.4, -0.2) is 37.1 Å². The van der Waals surface area contributed by atoms with Gasteiger partial charge in [0.05, 0.1) is 7.11 Å². The number of methoxy groups -OCH3 is 1. The molecule has 0 aliphatic carbocycles. The van der Waals surface area contributed by atoms with Gasteiger partial charge in [-0.05, 0) is 30.3 Å². The van der Waals surface area contributed by atoms with Gasteiger partial charge in [0.1, 0.15) is 17.6 Å². The minimum Gasteiger partial charge on any atom is -0.497 e. The van der Waals surface area contributed by atoms with Gasteiger partial charge in [-0.15, -0.1) is 0 Å². The van der Waals surface area contributed by atoms with Crippen molar-refractivity contribution in [2.24, 2.45) is 0 Å². The Morgan fingerprint density at radius 2 is 1.84 bits per heavy atom. The minimum absolute atomic E-state index is 0.00268. The fourth-order valence-corrected chi connectivity index (χ4v) is 2.17. The molecule has 0 bridgehead atoms. The van der Waals surface area contributed by atoms with Crippen molar-refractivity contribution >= 4 is 5.91 Å². The maximum Gasteiger partial charge on any atom is 0.245 e. The second-order valence-corrected chi connectivity index (χ2v) is 4.52. The molecule has 0 N–H and O–H groups in total. The second kappa shape index (κ2) is 6.27. The molecule has 1 aliphatic rings. The zero-order valence-corrected chi connectivity index (χ0v) is 11.2. The number of amides is 1. The Hall–Kier alpha value is -1.97. The molecular formula is C15H19NO3. The largest absolute Gasteiger partial charge is 0.497 e. The van der Waals surface area contributed by atoms with Crippen molar-refractivity contribution < 1.29 is 14.3 Å². The molecule has 1 amide bonds. The van der Waals surface area contributed by atoms with Crippen LogP contribution in [0, 0.1) is 0 Å². The van der Waals surface area contributed by atoms with E-state index >= 15 is 0 Å². The van der Waals surface area contributed by atoms with Crippen LogP contribution in [0.1, 0.15) is 12.8 Å². The van der Waals surface area contributed by atoms with E-state index in [0.717, 1.165) is 37.4 Å². The van der Waals surface area contributed by atoms with Gasteiger partial charge < -0.3 is 14.4 Å². The Morgan fingerprint density at radius 3 is 2.37 bits per heavy atom. The maximum absolute atomic E-state index is 11.5. The van der Waals surface area contributed by atoms with Crippen LogP contribution >= 0.6 is 0 Å². The summed E-state index contributed by atoms with van der Waals surface area (Å²) >= 11 is 0. The van der Waals surface area contributed by atoms with E-state index in [-0.39, 0.29) is 12.0 Å². The fourth-order valence-electron chi connectivity index (χ4n) is 2.17. The van der Waals surface area contributed by atoms with E-state index in [0.29, 0.717) is 0 Å². The lowest BCUT2D eigenvalue weighted by molar-refractivity contribution is -0.127. The van der Waals surface area contributed by atoms with E-state index in [1.165, 1.54) is 6.08 Å². The third-order valence-corrected chi connectivity index (χ3v) is 3.29. The van der Waals surface area contributed by atoms with Crippen molar-refractivity contribution in [1.29, 1.82) is 0 Å². The zero-order valence-electron chi connectivity index (χ0n) is 11.2. The van der Waals surface area contributed by atoms with Gasteiger partial charge in [0.15, 0.2) is 0 Å². The first kappa shape index (κ1) is 13.5. The van der Waals surface area contributed by atoms with Gasteiger partial charge in [0.2, 0.25) is 5.91 Å². The first-order chi connectivity index (χ1) is 9.22. The summed E-state index contributed by atoms with van der Waals surface area (Å²) in [5.74, 6) is 1.66. The molecule has 2 rings (SSSR count). The smallest absolute Gasteiger partial charge is 0.245 e. The maximum atomic E-state index is 11.5. The topological polar surface area (TPSA) is 38.8 Å². The summed E-state index contributed by atoms with van der Waals surface area (Å²) in [4.78, 5) is 13.3. The highest BCUT2D eigenvalue weighted by molar-refractivity contribution is 5.87. The van der Waals surface area contributed by atoms with Gasteiger partial charge in [-0.1, -0.05) is 6.58 Å². The molecule has 4 nitrogen and oxygen atoms in total. The highest BCUT2D eigenvalue weighted by Crippen LogP contribution is 2.21. The van der Waals surface area contributed by atoms with Crippen LogP contribution in [0.15, 0.2) is 36.9 Å². The number of likely N-dealkylation sites (tertiary alicyclic amines) is 1. The molecule has 1 aliphatic heterocycles. The molecule has 1 aromatic rings. The lowest BCUT2D eigenvalue weighted by Crippen LogP contribution is -2.41. The molecule has 1 saturated heterocycles. The number of carbonyl (C=O) groups is 1. The predicted octanol–water partition coefficient (Wildman–Crippen LogP) is 2.25. The Labute approximate surface area is 113 Å². The average Bonchev–Trinajstić information content (AvgIpc) is 2.48. The van der Waals surface area contributed by atoms with E-state index < -0.39 is 0 Å². The lowest BCUT2D eigenvalue weighted by Gasteiger charge is -2.31. The van der Waals surface area contributed by atoms with E-state index in [4.69, 9.17) is 9.47 Å². The van der Waals surface area contributed by atoms with Gasteiger partial charge >= 0.3 is 0 Å². The highest BCUT2D eigenvalue weighted by atomic mass is 16.5. The third-order valence-electron chi connectivity index (χ3n) is 3.29. The highest BCUT2D eigenvalue weighted by Gasteiger charge is 2.22. The quantitative estimate of drug-likeness (QED) is 0.780. The van der Waals surface area contributed by atoms with Gasteiger partial charge in [-0.3, -0.25) is 4.79 Å². The molecule has 0 atom stereocenters. The summed E-state index contributed by atoms with van der Waals surface area (Å²) in [6, 6.07) is 7.57. The second-order valence-electron chi connectivity index (χ2n) is 4.52. The Bertz CT molecular complexity index is 433. The molecule has 0 unspecified atom stereocenters. The van der Waals surface area contributed by atoms with Crippen LogP contribution in [0.5, 0.6) is 11.5 Å². The van der Waals surface area contributed by atoms with Crippen LogP contribution in [0.2, 0.25) is 0 Å². The zero-order chi connectivity index (χ0) is 13.7. The molecule has 19 heavy (non-hydrogen) atoms. The first-order valence-corrected chi connectivity index (χ1v) is 6.45. The average molecular weight is 261 g/mol. The Balaban J connectivity index is 1.84. The number of benzene rings is 1. The van der Waals surface area contributed by atoms with Crippen molar-refractivity contribution in [1.82, 2.24) is 4.90 Å². The van der Waals surface area contributed by atoms with Crippen molar-refractivity contribution in [3.8, 4) is 11.5 Å². The fraction of sp³-hybridized carbons (Fsp3) is 0.400. The summed E-state index contributed by atoms with van der Waals surface area (Å²) in [6.45, 7) is 4.96. The predicted molar refractivity (Wildman–Crippen MR) is 73.4 cm³/mol. The molecule has 0 saturated carbocycles. The number of nitrogens with zero attached hydrogens (tertiary/aromatic N) is 1. The Morgan fingerprint density at radius 1 is 1.26 bits per heavy atom. The van der Waals surface area contributed by atoms with Crippen molar-refractivity contribution in [2.75, 3.05) is 20.2 Å². The molecular weight excluding hydrogens is 242 g/mol. The standard InChI is InChI=1S/C15H19NO3/c1-3-15(17)16-10-8-14(9-11-16)19-13-6-4-12(18-2)5-7-13/h3-7,14H,1,8-11H2,2H3. The lowest BCUT2D eigenvalue weighted by atomic mass is 10.1. The summed E-state index contributed by atoms with van der Waals surface area (Å²) in [6.07, 6.45) is 3.24. The summed E-state index contributed by atoms with van der Waals surface area (Å²) in [7, 11) is 1.64. The van der Waals surface area contributed by atoms with Gasteiger partial charge in [0.25, 0.3) is 0 Å². The van der Waals surface area contributed by atoms with E-state index in [9.17, 15) is 4.79 Å². The molecule has 102 valence electrons. The minimum atomic E-state index is 0.00268. The molecule has 0 aromatic heterocycles. The van der Waals surface area contributed by atoms with Crippen molar-refractivity contribution in [3.63, 3.8) is 0 Å². The van der Waals surface area contributed by atoms with Crippen LogP contribution < -0.4 is 9.47 Å². The summed E-state index contributed by atoms with van der Waals surface area (Å²) in [5, 5.41) is 0. The third kappa shape index (κ3) is 3.50. The number of hydrogen-bond donors (Lipinski definition) is 0. The van der Waals surface area contributed by atoms with Crippen molar-refractivity contribution in [3.05, 3.63) is 36.9 Å². The van der Waals surface area contributed by atoms with Crippen molar-refractivity contribution in [2.45, 2.75) is 18.9 Å². The molecule has 1 fully saturated rings. The van der Waals surface area contributed by atoms with E-state index in [1.54, 1.807) is 12.0 Å². The van der Waals surface area contributed by atoms with Crippen LogP contribution in [0.3, 0.4) is 0 Å². The number of ether oxygens (including phenoxy) is 2. The normalized spacial score (nSPS) is 15.9. The molecule has 1 aromatic carbocycles. The number of carbonyl (C=O) groups excluding carboxylic acids is 1. The van der Waals surface area contributed by atoms with Crippen LogP contribution in [0.25, 0.3) is 0 Å². The Kier molecular flexibility index (Phi) is 4.44. The number of hydrogen-bond acceptors (Lipinski definition) is 3. The van der Waals surface area contributed by atoms with Gasteiger partial charge in [0, 0.05) is 25.9 Å². The SMILES string of the molecule is C=CC(=O)N1CCC(Oc2ccc(OC)cc2)CC1. The monoisotopic (exact) mass is 261 g/mol. The molecule has 4 heteroatoms. The van der Waals surface area contributed by atoms with E-state index in [1.807, 2.05) is 24.3 Å². The summed E-state index contributed by atoms with van der Waals surface area (Å²) in [5.41, 5.74) is 0. The number of piperidine rings is 1. The molecule has 1 heterocycles. The first-order valence-electron chi connectivity index (χ1n) is 6.45. The molecule has 0 radical (unpaired) electrons. The van der Waals surface area contributed by atoms with E-state index in [2.05, 4.69) is 6.58 Å². The van der Waals surface area contributed by atoms with Gasteiger partial charge in [-0.25, -0.2) is 0 Å².